The third-order valence-electron chi connectivity index (χ3n) is 5.87. The molecule has 5 rings (SSSR count). The maximum absolute atomic E-state index is 12.8. The number of pyridine rings is 1. The van der Waals surface area contributed by atoms with E-state index < -0.39 is 0 Å². The molecule has 178 valence electrons. The van der Waals surface area contributed by atoms with Gasteiger partial charge in [0.05, 0.1) is 12.8 Å². The highest BCUT2D eigenvalue weighted by Gasteiger charge is 2.22. The number of rotatable bonds is 8. The molecule has 0 radical (unpaired) electrons. The number of amides is 1. The standard InChI is InChI=1S/C27H28N6O2/c1-33(2)17-19-6-3-7-20(11-19)27(34)32-22-8-4-5-18(12-22)13-28-26-23-9-10-35-25(23)24(16-29-26)21-14-30-31-15-21/h3-8,11-12,14-16H,9-10,13,17H2,1-2H3,(H,28,29)(H,30,31)(H,32,34). The molecule has 3 heterocycles. The first-order chi connectivity index (χ1) is 17.1. The van der Waals surface area contributed by atoms with E-state index in [9.17, 15) is 4.79 Å². The summed E-state index contributed by atoms with van der Waals surface area (Å²) in [5, 5.41) is 13.3. The maximum atomic E-state index is 12.8. The summed E-state index contributed by atoms with van der Waals surface area (Å²) in [4.78, 5) is 19.6. The zero-order chi connectivity index (χ0) is 24.2. The summed E-state index contributed by atoms with van der Waals surface area (Å²) in [5.41, 5.74) is 6.51. The predicted octanol–water partition coefficient (Wildman–Crippen LogP) is 4.33. The Hall–Kier alpha value is -4.17. The molecule has 0 aliphatic carbocycles. The van der Waals surface area contributed by atoms with Crippen LogP contribution < -0.4 is 15.4 Å². The molecule has 0 saturated carbocycles. The van der Waals surface area contributed by atoms with Crippen molar-refractivity contribution in [3.8, 4) is 16.9 Å². The van der Waals surface area contributed by atoms with Gasteiger partial charge < -0.3 is 20.3 Å². The molecule has 0 saturated heterocycles. The molecule has 1 aliphatic heterocycles. The zero-order valence-electron chi connectivity index (χ0n) is 19.8. The van der Waals surface area contributed by atoms with Crippen LogP contribution >= 0.6 is 0 Å². The number of ether oxygens (including phenoxy) is 1. The number of carbonyl (C=O) groups is 1. The Morgan fingerprint density at radius 3 is 2.80 bits per heavy atom. The topological polar surface area (TPSA) is 95.2 Å². The van der Waals surface area contributed by atoms with Crippen LogP contribution in [0.3, 0.4) is 0 Å². The molecule has 35 heavy (non-hydrogen) atoms. The number of fused-ring (bicyclic) bond motifs is 1. The van der Waals surface area contributed by atoms with Gasteiger partial charge in [0.25, 0.3) is 5.91 Å². The smallest absolute Gasteiger partial charge is 0.255 e. The first kappa shape index (κ1) is 22.6. The molecule has 1 amide bonds. The van der Waals surface area contributed by atoms with E-state index in [1.807, 2.05) is 75.0 Å². The summed E-state index contributed by atoms with van der Waals surface area (Å²) < 4.78 is 5.91. The molecule has 0 unspecified atom stereocenters. The fourth-order valence-electron chi connectivity index (χ4n) is 4.27. The van der Waals surface area contributed by atoms with Gasteiger partial charge in [-0.3, -0.25) is 9.89 Å². The van der Waals surface area contributed by atoms with Gasteiger partial charge in [0, 0.05) is 59.8 Å². The second kappa shape index (κ2) is 9.99. The molecule has 0 bridgehead atoms. The third kappa shape index (κ3) is 5.17. The van der Waals surface area contributed by atoms with Gasteiger partial charge in [0.1, 0.15) is 11.6 Å². The van der Waals surface area contributed by atoms with Crippen LogP contribution in [0.2, 0.25) is 0 Å². The second-order valence-corrected chi connectivity index (χ2v) is 8.86. The highest BCUT2D eigenvalue weighted by molar-refractivity contribution is 6.04. The van der Waals surface area contributed by atoms with Crippen molar-refractivity contribution in [1.82, 2.24) is 20.1 Å². The molecular formula is C27H28N6O2. The molecule has 2 aromatic heterocycles. The van der Waals surface area contributed by atoms with Crippen molar-refractivity contribution >= 4 is 17.4 Å². The minimum atomic E-state index is -0.123. The van der Waals surface area contributed by atoms with Crippen molar-refractivity contribution in [2.75, 3.05) is 31.3 Å². The summed E-state index contributed by atoms with van der Waals surface area (Å²) in [6.45, 7) is 2.00. The molecule has 8 nitrogen and oxygen atoms in total. The second-order valence-electron chi connectivity index (χ2n) is 8.86. The molecule has 3 N–H and O–H groups in total. The van der Waals surface area contributed by atoms with Gasteiger partial charge in [-0.25, -0.2) is 4.98 Å². The molecule has 0 atom stereocenters. The van der Waals surface area contributed by atoms with E-state index in [2.05, 4.69) is 30.7 Å². The van der Waals surface area contributed by atoms with E-state index in [4.69, 9.17) is 4.74 Å². The number of nitrogens with one attached hydrogen (secondary N) is 3. The number of benzene rings is 2. The molecule has 1 aliphatic rings. The molecule has 8 heteroatoms. The van der Waals surface area contributed by atoms with E-state index >= 15 is 0 Å². The average Bonchev–Trinajstić information content (AvgIpc) is 3.55. The molecule has 0 spiro atoms. The van der Waals surface area contributed by atoms with Crippen LogP contribution in [0, 0.1) is 0 Å². The summed E-state index contributed by atoms with van der Waals surface area (Å²) in [7, 11) is 4.02. The van der Waals surface area contributed by atoms with Gasteiger partial charge in [0.15, 0.2) is 0 Å². The Kier molecular flexibility index (Phi) is 6.45. The maximum Gasteiger partial charge on any atom is 0.255 e. The lowest BCUT2D eigenvalue weighted by Gasteiger charge is -2.13. The highest BCUT2D eigenvalue weighted by atomic mass is 16.5. The van der Waals surface area contributed by atoms with Crippen molar-refractivity contribution in [2.45, 2.75) is 19.5 Å². The van der Waals surface area contributed by atoms with Crippen LogP contribution in [0.25, 0.3) is 11.1 Å². The number of aromatic nitrogens is 3. The number of anilines is 2. The van der Waals surface area contributed by atoms with Crippen LogP contribution in [-0.4, -0.2) is 46.7 Å². The molecular weight excluding hydrogens is 440 g/mol. The SMILES string of the molecule is CN(C)Cc1cccc(C(=O)Nc2cccc(CNc3ncc(-c4cn[nH]c4)c4c3CCO4)c2)c1. The van der Waals surface area contributed by atoms with Crippen molar-refractivity contribution in [3.05, 3.63) is 89.4 Å². The van der Waals surface area contributed by atoms with Gasteiger partial charge in [0.2, 0.25) is 0 Å². The van der Waals surface area contributed by atoms with Gasteiger partial charge in [-0.05, 0) is 49.5 Å². The predicted molar refractivity (Wildman–Crippen MR) is 137 cm³/mol. The Morgan fingerprint density at radius 1 is 1.11 bits per heavy atom. The Balaban J connectivity index is 1.27. The Labute approximate surface area is 204 Å². The number of aromatic amines is 1. The van der Waals surface area contributed by atoms with Gasteiger partial charge >= 0.3 is 0 Å². The lowest BCUT2D eigenvalue weighted by molar-refractivity contribution is 0.102. The number of H-pyrrole nitrogens is 1. The van der Waals surface area contributed by atoms with Crippen molar-refractivity contribution in [3.63, 3.8) is 0 Å². The van der Waals surface area contributed by atoms with Crippen LogP contribution in [-0.2, 0) is 19.5 Å². The van der Waals surface area contributed by atoms with Crippen molar-refractivity contribution in [2.24, 2.45) is 0 Å². The molecule has 4 aromatic rings. The number of nitrogens with zero attached hydrogens (tertiary/aromatic N) is 3. The Morgan fingerprint density at radius 2 is 1.97 bits per heavy atom. The van der Waals surface area contributed by atoms with E-state index in [0.29, 0.717) is 18.7 Å². The van der Waals surface area contributed by atoms with Crippen LogP contribution in [0.1, 0.15) is 27.0 Å². The zero-order valence-corrected chi connectivity index (χ0v) is 19.8. The molecule has 2 aromatic carbocycles. The van der Waals surface area contributed by atoms with Gasteiger partial charge in [-0.2, -0.15) is 5.10 Å². The minimum absolute atomic E-state index is 0.123. The first-order valence-corrected chi connectivity index (χ1v) is 11.6. The summed E-state index contributed by atoms with van der Waals surface area (Å²) in [6, 6.07) is 15.6. The number of carbonyl (C=O) groups excluding carboxylic acids is 1. The Bertz CT molecular complexity index is 1330. The minimum Gasteiger partial charge on any atom is -0.492 e. The fourth-order valence-corrected chi connectivity index (χ4v) is 4.27. The number of hydrogen-bond acceptors (Lipinski definition) is 6. The third-order valence-corrected chi connectivity index (χ3v) is 5.87. The van der Waals surface area contributed by atoms with E-state index in [-0.39, 0.29) is 5.91 Å². The monoisotopic (exact) mass is 468 g/mol. The first-order valence-electron chi connectivity index (χ1n) is 11.6. The van der Waals surface area contributed by atoms with E-state index in [0.717, 1.165) is 58.0 Å². The van der Waals surface area contributed by atoms with Crippen LogP contribution in [0.15, 0.2) is 67.1 Å². The lowest BCUT2D eigenvalue weighted by atomic mass is 10.1. The lowest BCUT2D eigenvalue weighted by Crippen LogP contribution is -2.14. The summed E-state index contributed by atoms with van der Waals surface area (Å²) >= 11 is 0. The normalized spacial score (nSPS) is 12.3. The average molecular weight is 469 g/mol. The van der Waals surface area contributed by atoms with Crippen molar-refractivity contribution in [1.29, 1.82) is 0 Å². The quantitative estimate of drug-likeness (QED) is 0.356. The largest absolute Gasteiger partial charge is 0.492 e. The summed E-state index contributed by atoms with van der Waals surface area (Å²) in [6.07, 6.45) is 6.23. The van der Waals surface area contributed by atoms with Gasteiger partial charge in [-0.1, -0.05) is 24.3 Å². The van der Waals surface area contributed by atoms with Gasteiger partial charge in [-0.15, -0.1) is 0 Å². The summed E-state index contributed by atoms with van der Waals surface area (Å²) in [5.74, 6) is 1.56. The molecule has 0 fully saturated rings. The van der Waals surface area contributed by atoms with E-state index in [1.54, 1.807) is 6.20 Å². The number of hydrogen-bond donors (Lipinski definition) is 3. The van der Waals surface area contributed by atoms with Crippen LogP contribution in [0.5, 0.6) is 5.75 Å². The van der Waals surface area contributed by atoms with Crippen molar-refractivity contribution < 1.29 is 9.53 Å². The fraction of sp³-hybridized carbons (Fsp3) is 0.222. The van der Waals surface area contributed by atoms with E-state index in [1.165, 1.54) is 0 Å². The van der Waals surface area contributed by atoms with Crippen LogP contribution in [0.4, 0.5) is 11.5 Å². The highest BCUT2D eigenvalue weighted by Crippen LogP contribution is 2.39.